The Kier molecular flexibility index (Phi) is 5.40. The minimum Gasteiger partial charge on any atom is -0.465 e. The molecule has 21 heavy (non-hydrogen) atoms. The number of carbonyl (C=O) groups excluding carboxylic acids is 2. The van der Waals surface area contributed by atoms with Crippen molar-refractivity contribution in [2.45, 2.75) is 4.90 Å². The summed E-state index contributed by atoms with van der Waals surface area (Å²) in [6.07, 6.45) is 0. The van der Waals surface area contributed by atoms with Gasteiger partial charge in [-0.05, 0) is 36.4 Å². The van der Waals surface area contributed by atoms with Gasteiger partial charge in [0, 0.05) is 4.90 Å². The van der Waals surface area contributed by atoms with Gasteiger partial charge in [-0.25, -0.2) is 9.59 Å². The highest BCUT2D eigenvalue weighted by Crippen LogP contribution is 2.17. The van der Waals surface area contributed by atoms with Crippen LogP contribution in [0.2, 0.25) is 0 Å². The van der Waals surface area contributed by atoms with E-state index in [1.807, 2.05) is 30.3 Å². The zero-order valence-corrected chi connectivity index (χ0v) is 12.3. The number of rotatable bonds is 5. The number of carbonyl (C=O) groups is 2. The highest BCUT2D eigenvalue weighted by Gasteiger charge is 2.10. The van der Waals surface area contributed by atoms with Crippen LogP contribution in [-0.4, -0.2) is 25.0 Å². The highest BCUT2D eigenvalue weighted by atomic mass is 32.2. The molecule has 4 nitrogen and oxygen atoms in total. The van der Waals surface area contributed by atoms with Crippen molar-refractivity contribution in [1.29, 1.82) is 0 Å². The van der Waals surface area contributed by atoms with Gasteiger partial charge in [-0.2, -0.15) is 0 Å². The van der Waals surface area contributed by atoms with E-state index < -0.39 is 11.9 Å². The normalized spacial score (nSPS) is 9.95. The lowest BCUT2D eigenvalue weighted by molar-refractivity contribution is 0.0572. The second-order valence-corrected chi connectivity index (χ2v) is 5.07. The van der Waals surface area contributed by atoms with Crippen LogP contribution in [0.1, 0.15) is 20.7 Å². The fourth-order valence-electron chi connectivity index (χ4n) is 1.61. The molecule has 108 valence electrons. The molecule has 0 bridgehead atoms. The van der Waals surface area contributed by atoms with Crippen molar-refractivity contribution in [3.05, 3.63) is 65.7 Å². The van der Waals surface area contributed by atoms with Gasteiger partial charge in [-0.3, -0.25) is 0 Å². The summed E-state index contributed by atoms with van der Waals surface area (Å²) in [5, 5.41) is 0. The Balaban J connectivity index is 1.87. The fraction of sp³-hybridized carbons (Fsp3) is 0.125. The number of benzene rings is 2. The molecule has 5 heteroatoms. The topological polar surface area (TPSA) is 52.6 Å². The second kappa shape index (κ2) is 7.50. The summed E-state index contributed by atoms with van der Waals surface area (Å²) in [4.78, 5) is 24.1. The summed E-state index contributed by atoms with van der Waals surface area (Å²) in [5.74, 6) is -0.619. The third-order valence-electron chi connectivity index (χ3n) is 2.70. The lowest BCUT2D eigenvalue weighted by Crippen LogP contribution is -2.06. The molecule has 0 fully saturated rings. The van der Waals surface area contributed by atoms with E-state index in [9.17, 15) is 9.59 Å². The largest absolute Gasteiger partial charge is 0.465 e. The van der Waals surface area contributed by atoms with Gasteiger partial charge in [-0.15, -0.1) is 0 Å². The summed E-state index contributed by atoms with van der Waals surface area (Å²) in [5.41, 5.74) is 0.795. The van der Waals surface area contributed by atoms with Crippen molar-refractivity contribution in [3.8, 4) is 0 Å². The molecule has 0 saturated heterocycles. The van der Waals surface area contributed by atoms with Crippen LogP contribution in [0.3, 0.4) is 0 Å². The minimum absolute atomic E-state index is 0.238. The Morgan fingerprint density at radius 2 is 1.48 bits per heavy atom. The third-order valence-corrected chi connectivity index (χ3v) is 3.54. The molecule has 0 heterocycles. The molecule has 0 unspecified atom stereocenters. The number of ether oxygens (including phenoxy) is 2. The molecule has 0 spiro atoms. The summed E-state index contributed by atoms with van der Waals surface area (Å²) in [7, 11) is 1.31. The molecule has 2 rings (SSSR count). The van der Waals surface area contributed by atoms with E-state index in [0.29, 0.717) is 11.1 Å². The Hall–Kier alpha value is -2.27. The average Bonchev–Trinajstić information content (AvgIpc) is 2.55. The molecule has 0 atom stereocenters. The molecule has 0 N–H and O–H groups in total. The van der Waals surface area contributed by atoms with Gasteiger partial charge < -0.3 is 9.47 Å². The SMILES string of the molecule is COC(=O)c1ccc(C(=O)OCSc2ccccc2)cc1. The van der Waals surface area contributed by atoms with Gasteiger partial charge >= 0.3 is 11.9 Å². The molecule has 0 aliphatic carbocycles. The lowest BCUT2D eigenvalue weighted by Gasteiger charge is -2.05. The van der Waals surface area contributed by atoms with Crippen molar-refractivity contribution in [2.75, 3.05) is 13.0 Å². The second-order valence-electron chi connectivity index (χ2n) is 4.08. The zero-order valence-electron chi connectivity index (χ0n) is 11.4. The molecule has 0 radical (unpaired) electrons. The van der Waals surface area contributed by atoms with Gasteiger partial charge in [0.25, 0.3) is 0 Å². The zero-order chi connectivity index (χ0) is 15.1. The number of hydrogen-bond donors (Lipinski definition) is 0. The first-order valence-electron chi connectivity index (χ1n) is 6.24. The van der Waals surface area contributed by atoms with Crippen molar-refractivity contribution in [3.63, 3.8) is 0 Å². The smallest absolute Gasteiger partial charge is 0.338 e. The maximum Gasteiger partial charge on any atom is 0.338 e. The van der Waals surface area contributed by atoms with Crippen molar-refractivity contribution in [2.24, 2.45) is 0 Å². The molecule has 2 aromatic carbocycles. The van der Waals surface area contributed by atoms with Crippen molar-refractivity contribution < 1.29 is 19.1 Å². The molecule has 0 aromatic heterocycles. The predicted octanol–water partition coefficient (Wildman–Crippen LogP) is 3.38. The first kappa shape index (κ1) is 15.1. The number of esters is 2. The number of methoxy groups -OCH3 is 1. The summed E-state index contributed by atoms with van der Waals surface area (Å²) in [6, 6.07) is 15.8. The van der Waals surface area contributed by atoms with E-state index in [4.69, 9.17) is 4.74 Å². The lowest BCUT2D eigenvalue weighted by atomic mass is 10.1. The van der Waals surface area contributed by atoms with Crippen LogP contribution in [-0.2, 0) is 9.47 Å². The van der Waals surface area contributed by atoms with Crippen LogP contribution in [0.4, 0.5) is 0 Å². The van der Waals surface area contributed by atoms with Crippen LogP contribution < -0.4 is 0 Å². The third kappa shape index (κ3) is 4.36. The maximum absolute atomic E-state index is 11.8. The monoisotopic (exact) mass is 302 g/mol. The first-order chi connectivity index (χ1) is 10.2. The molecule has 0 aliphatic heterocycles. The molecular weight excluding hydrogens is 288 g/mol. The van der Waals surface area contributed by atoms with E-state index in [0.717, 1.165) is 4.90 Å². The summed E-state index contributed by atoms with van der Waals surface area (Å²) < 4.78 is 9.76. The van der Waals surface area contributed by atoms with E-state index in [1.165, 1.54) is 31.0 Å². The quantitative estimate of drug-likeness (QED) is 0.481. The van der Waals surface area contributed by atoms with Crippen LogP contribution in [0.5, 0.6) is 0 Å². The van der Waals surface area contributed by atoms with E-state index in [1.54, 1.807) is 12.1 Å². The van der Waals surface area contributed by atoms with Crippen LogP contribution >= 0.6 is 11.8 Å². The van der Waals surface area contributed by atoms with E-state index >= 15 is 0 Å². The minimum atomic E-state index is -0.436. The standard InChI is InChI=1S/C16H14O4S/c1-19-15(17)12-7-9-13(10-8-12)16(18)20-11-21-14-5-3-2-4-6-14/h2-10H,11H2,1H3. The van der Waals surface area contributed by atoms with Crippen LogP contribution in [0.15, 0.2) is 59.5 Å². The maximum atomic E-state index is 11.8. The Morgan fingerprint density at radius 3 is 2.05 bits per heavy atom. The molecule has 0 aliphatic rings. The van der Waals surface area contributed by atoms with Gasteiger partial charge in [0.2, 0.25) is 0 Å². The number of thioether (sulfide) groups is 1. The number of hydrogen-bond acceptors (Lipinski definition) is 5. The summed E-state index contributed by atoms with van der Waals surface area (Å²) in [6.45, 7) is 0. The van der Waals surface area contributed by atoms with Gasteiger partial charge in [-0.1, -0.05) is 30.0 Å². The van der Waals surface area contributed by atoms with Gasteiger partial charge in [0.15, 0.2) is 0 Å². The molecular formula is C16H14O4S. The Labute approximate surface area is 127 Å². The highest BCUT2D eigenvalue weighted by molar-refractivity contribution is 7.99. The average molecular weight is 302 g/mol. The fourth-order valence-corrected chi connectivity index (χ4v) is 2.26. The van der Waals surface area contributed by atoms with E-state index in [-0.39, 0.29) is 5.94 Å². The molecule has 0 amide bonds. The van der Waals surface area contributed by atoms with Crippen molar-refractivity contribution in [1.82, 2.24) is 0 Å². The Morgan fingerprint density at radius 1 is 0.905 bits per heavy atom. The molecule has 2 aromatic rings. The van der Waals surface area contributed by atoms with Crippen molar-refractivity contribution >= 4 is 23.7 Å². The van der Waals surface area contributed by atoms with Crippen LogP contribution in [0, 0.1) is 0 Å². The first-order valence-corrected chi connectivity index (χ1v) is 7.22. The van der Waals surface area contributed by atoms with Gasteiger partial charge in [0.05, 0.1) is 18.2 Å². The summed E-state index contributed by atoms with van der Waals surface area (Å²) >= 11 is 1.44. The van der Waals surface area contributed by atoms with E-state index in [2.05, 4.69) is 4.74 Å². The molecule has 0 saturated carbocycles. The van der Waals surface area contributed by atoms with Gasteiger partial charge in [0.1, 0.15) is 5.94 Å². The van der Waals surface area contributed by atoms with Crippen LogP contribution in [0.25, 0.3) is 0 Å². The predicted molar refractivity (Wildman–Crippen MR) is 80.4 cm³/mol. The Bertz CT molecular complexity index is 608.